The fraction of sp³-hybridized carbons (Fsp3) is 0.400. The third-order valence-corrected chi connectivity index (χ3v) is 6.11. The SMILES string of the molecule is N#C[C@H](Cc1ccc(-c2ccc3c(c2)N(C(N)=O)CCC3)cc1)NC(=O)[C@@H]1CNCCCO1. The van der Waals surface area contributed by atoms with Crippen LogP contribution in [0.3, 0.4) is 0 Å². The number of amides is 3. The highest BCUT2D eigenvalue weighted by molar-refractivity contribution is 5.93. The molecular weight excluding hydrogens is 418 g/mol. The van der Waals surface area contributed by atoms with Gasteiger partial charge in [-0.2, -0.15) is 5.26 Å². The summed E-state index contributed by atoms with van der Waals surface area (Å²) in [5.74, 6) is -0.263. The molecule has 0 radical (unpaired) electrons. The number of ether oxygens (including phenoxy) is 1. The number of hydrogen-bond acceptors (Lipinski definition) is 5. The van der Waals surface area contributed by atoms with Gasteiger partial charge in [-0.25, -0.2) is 4.79 Å². The van der Waals surface area contributed by atoms with Gasteiger partial charge >= 0.3 is 6.03 Å². The second-order valence-electron chi connectivity index (χ2n) is 8.45. The van der Waals surface area contributed by atoms with E-state index in [1.54, 1.807) is 4.90 Å². The first-order chi connectivity index (χ1) is 16.0. The van der Waals surface area contributed by atoms with Gasteiger partial charge < -0.3 is 21.1 Å². The number of fused-ring (bicyclic) bond motifs is 1. The normalized spacial score (nSPS) is 19.0. The molecular formula is C25H29N5O3. The summed E-state index contributed by atoms with van der Waals surface area (Å²) >= 11 is 0. The van der Waals surface area contributed by atoms with E-state index in [1.165, 1.54) is 0 Å². The van der Waals surface area contributed by atoms with E-state index in [0.717, 1.165) is 53.7 Å². The number of nitrogens with zero attached hydrogens (tertiary/aromatic N) is 2. The predicted molar refractivity (Wildman–Crippen MR) is 126 cm³/mol. The molecule has 0 aliphatic carbocycles. The molecule has 0 spiro atoms. The first kappa shape index (κ1) is 22.8. The van der Waals surface area contributed by atoms with E-state index < -0.39 is 18.2 Å². The van der Waals surface area contributed by atoms with Crippen molar-refractivity contribution in [1.82, 2.24) is 10.6 Å². The number of urea groups is 1. The average molecular weight is 448 g/mol. The zero-order valence-electron chi connectivity index (χ0n) is 18.5. The van der Waals surface area contributed by atoms with Crippen molar-refractivity contribution in [3.8, 4) is 17.2 Å². The number of nitrogens with one attached hydrogen (secondary N) is 2. The summed E-state index contributed by atoms with van der Waals surface area (Å²) in [6.45, 7) is 2.44. The molecule has 33 heavy (non-hydrogen) atoms. The molecule has 0 unspecified atom stereocenters. The molecule has 2 aliphatic heterocycles. The smallest absolute Gasteiger partial charge is 0.319 e. The molecule has 4 rings (SSSR count). The van der Waals surface area contributed by atoms with Gasteiger partial charge in [-0.3, -0.25) is 9.69 Å². The van der Waals surface area contributed by atoms with Gasteiger partial charge in [-0.15, -0.1) is 0 Å². The predicted octanol–water partition coefficient (Wildman–Crippen LogP) is 2.11. The van der Waals surface area contributed by atoms with Crippen LogP contribution in [0.2, 0.25) is 0 Å². The van der Waals surface area contributed by atoms with Gasteiger partial charge in [0.25, 0.3) is 5.91 Å². The number of carbonyl (C=O) groups is 2. The van der Waals surface area contributed by atoms with Crippen LogP contribution in [0.25, 0.3) is 11.1 Å². The van der Waals surface area contributed by atoms with Crippen molar-refractivity contribution in [3.63, 3.8) is 0 Å². The van der Waals surface area contributed by atoms with E-state index in [-0.39, 0.29) is 5.91 Å². The molecule has 1 saturated heterocycles. The van der Waals surface area contributed by atoms with E-state index in [2.05, 4.69) is 28.8 Å². The van der Waals surface area contributed by atoms with Crippen molar-refractivity contribution < 1.29 is 14.3 Å². The number of hydrogen-bond donors (Lipinski definition) is 3. The van der Waals surface area contributed by atoms with E-state index in [9.17, 15) is 14.9 Å². The topological polar surface area (TPSA) is 120 Å². The zero-order chi connectivity index (χ0) is 23.2. The van der Waals surface area contributed by atoms with Crippen LogP contribution in [0.5, 0.6) is 0 Å². The number of rotatable bonds is 5. The minimum Gasteiger partial charge on any atom is -0.367 e. The number of anilines is 1. The van der Waals surface area contributed by atoms with Crippen LogP contribution in [0.1, 0.15) is 24.0 Å². The largest absolute Gasteiger partial charge is 0.367 e. The summed E-state index contributed by atoms with van der Waals surface area (Å²) in [5, 5.41) is 15.5. The van der Waals surface area contributed by atoms with Crippen LogP contribution in [0.15, 0.2) is 42.5 Å². The summed E-state index contributed by atoms with van der Waals surface area (Å²) in [6.07, 6.45) is 2.53. The Bertz CT molecular complexity index is 1040. The second kappa shape index (κ2) is 10.5. The van der Waals surface area contributed by atoms with Crippen molar-refractivity contribution in [3.05, 3.63) is 53.6 Å². The standard InChI is InChI=1S/C25H29N5O3/c26-15-21(29-24(31)23-16-28-10-2-12-33-23)13-17-4-6-18(7-5-17)20-9-8-19-3-1-11-30(25(27)32)22(19)14-20/h4-9,14,21,23,28H,1-3,10-13,16H2,(H2,27,32)(H,29,31)/t21-,23-/m0/s1. The highest BCUT2D eigenvalue weighted by Gasteiger charge is 2.24. The Kier molecular flexibility index (Phi) is 7.23. The number of benzene rings is 2. The lowest BCUT2D eigenvalue weighted by Gasteiger charge is -2.28. The van der Waals surface area contributed by atoms with Crippen LogP contribution in [0, 0.1) is 11.3 Å². The molecule has 2 atom stereocenters. The average Bonchev–Trinajstić information content (AvgIpc) is 3.13. The first-order valence-electron chi connectivity index (χ1n) is 11.4. The third-order valence-electron chi connectivity index (χ3n) is 6.11. The minimum absolute atomic E-state index is 0.263. The molecule has 0 saturated carbocycles. The summed E-state index contributed by atoms with van der Waals surface area (Å²) in [5.41, 5.74) is 10.5. The lowest BCUT2D eigenvalue weighted by molar-refractivity contribution is -0.132. The van der Waals surface area contributed by atoms with Gasteiger partial charge in [0.15, 0.2) is 0 Å². The minimum atomic E-state index is -0.636. The number of primary amides is 1. The highest BCUT2D eigenvalue weighted by Crippen LogP contribution is 2.32. The van der Waals surface area contributed by atoms with Crippen molar-refractivity contribution in [2.45, 2.75) is 37.8 Å². The molecule has 0 aromatic heterocycles. The van der Waals surface area contributed by atoms with Crippen LogP contribution >= 0.6 is 0 Å². The number of carbonyl (C=O) groups excluding carboxylic acids is 2. The molecule has 1 fully saturated rings. The van der Waals surface area contributed by atoms with E-state index in [1.807, 2.05) is 30.3 Å². The molecule has 3 amide bonds. The maximum atomic E-state index is 12.5. The monoisotopic (exact) mass is 447 g/mol. The van der Waals surface area contributed by atoms with Gasteiger partial charge in [0.05, 0.1) is 6.07 Å². The van der Waals surface area contributed by atoms with Crippen LogP contribution in [-0.2, 0) is 22.4 Å². The van der Waals surface area contributed by atoms with E-state index >= 15 is 0 Å². The van der Waals surface area contributed by atoms with Crippen molar-refractivity contribution in [2.75, 3.05) is 31.1 Å². The molecule has 2 heterocycles. The van der Waals surface area contributed by atoms with Gasteiger partial charge in [-0.1, -0.05) is 36.4 Å². The lowest BCUT2D eigenvalue weighted by atomic mass is 9.96. The first-order valence-corrected chi connectivity index (χ1v) is 11.4. The van der Waals surface area contributed by atoms with Gasteiger partial charge in [0, 0.05) is 31.8 Å². The quantitative estimate of drug-likeness (QED) is 0.648. The summed E-state index contributed by atoms with van der Waals surface area (Å²) in [4.78, 5) is 25.9. The zero-order valence-corrected chi connectivity index (χ0v) is 18.5. The Morgan fingerprint density at radius 3 is 2.76 bits per heavy atom. The maximum absolute atomic E-state index is 12.5. The number of aryl methyl sites for hydroxylation is 1. The van der Waals surface area contributed by atoms with Gasteiger partial charge in [-0.05, 0) is 54.1 Å². The summed E-state index contributed by atoms with van der Waals surface area (Å²) in [6, 6.07) is 15.1. The molecule has 2 aliphatic rings. The molecule has 4 N–H and O–H groups in total. The van der Waals surface area contributed by atoms with Crippen LogP contribution in [0.4, 0.5) is 10.5 Å². The Hall–Kier alpha value is -3.41. The Balaban J connectivity index is 1.43. The summed E-state index contributed by atoms with van der Waals surface area (Å²) < 4.78 is 5.57. The van der Waals surface area contributed by atoms with E-state index in [4.69, 9.17) is 10.5 Å². The second-order valence-corrected chi connectivity index (χ2v) is 8.45. The Labute approximate surface area is 193 Å². The van der Waals surface area contributed by atoms with Crippen LogP contribution < -0.4 is 21.3 Å². The molecule has 2 aromatic carbocycles. The fourth-order valence-electron chi connectivity index (χ4n) is 4.33. The fourth-order valence-corrected chi connectivity index (χ4v) is 4.33. The molecule has 0 bridgehead atoms. The van der Waals surface area contributed by atoms with Crippen molar-refractivity contribution in [2.24, 2.45) is 5.73 Å². The molecule has 8 heteroatoms. The third kappa shape index (κ3) is 5.51. The van der Waals surface area contributed by atoms with Crippen LogP contribution in [-0.4, -0.2) is 50.3 Å². The molecule has 8 nitrogen and oxygen atoms in total. The molecule has 2 aromatic rings. The summed E-state index contributed by atoms with van der Waals surface area (Å²) in [7, 11) is 0. The van der Waals surface area contributed by atoms with Gasteiger partial charge in [0.2, 0.25) is 0 Å². The van der Waals surface area contributed by atoms with E-state index in [0.29, 0.717) is 26.1 Å². The van der Waals surface area contributed by atoms with Crippen molar-refractivity contribution >= 4 is 17.6 Å². The molecule has 172 valence electrons. The van der Waals surface area contributed by atoms with Crippen molar-refractivity contribution in [1.29, 1.82) is 5.26 Å². The maximum Gasteiger partial charge on any atom is 0.319 e. The number of nitrogens with two attached hydrogens (primary N) is 1. The lowest BCUT2D eigenvalue weighted by Crippen LogP contribution is -2.46. The highest BCUT2D eigenvalue weighted by atomic mass is 16.5. The Morgan fingerprint density at radius 2 is 2.00 bits per heavy atom. The van der Waals surface area contributed by atoms with Gasteiger partial charge in [0.1, 0.15) is 12.1 Å². The Morgan fingerprint density at radius 1 is 1.21 bits per heavy atom. The number of nitriles is 1.